The summed E-state index contributed by atoms with van der Waals surface area (Å²) in [4.78, 5) is 4.48. The average molecular weight is 219 g/mol. The van der Waals surface area contributed by atoms with Crippen LogP contribution in [0.3, 0.4) is 0 Å². The fourth-order valence-corrected chi connectivity index (χ4v) is 2.48. The molecule has 84 valence electrons. The van der Waals surface area contributed by atoms with Crippen LogP contribution in [-0.4, -0.2) is 24.2 Å². The van der Waals surface area contributed by atoms with E-state index in [1.807, 2.05) is 37.3 Å². The molecule has 0 aromatic heterocycles. The highest BCUT2D eigenvalue weighted by atomic mass is 19.1. The molecule has 3 rings (SSSR count). The van der Waals surface area contributed by atoms with Crippen LogP contribution in [0.1, 0.15) is 18.9 Å². The van der Waals surface area contributed by atoms with Crippen molar-refractivity contribution in [3.63, 3.8) is 0 Å². The topological polar surface area (TPSA) is 21.6 Å². The van der Waals surface area contributed by atoms with Crippen molar-refractivity contribution in [1.82, 2.24) is 0 Å². The van der Waals surface area contributed by atoms with Gasteiger partial charge in [-0.25, -0.2) is 9.38 Å². The zero-order valence-corrected chi connectivity index (χ0v) is 9.14. The normalized spacial score (nSPS) is 36.8. The average Bonchev–Trinajstić information content (AvgIpc) is 2.82. The van der Waals surface area contributed by atoms with Gasteiger partial charge in [-0.15, -0.1) is 0 Å². The highest BCUT2D eigenvalue weighted by Gasteiger charge is 2.46. The van der Waals surface area contributed by atoms with E-state index >= 15 is 0 Å². The van der Waals surface area contributed by atoms with Gasteiger partial charge in [0, 0.05) is 17.9 Å². The Morgan fingerprint density at radius 1 is 1.31 bits per heavy atom. The minimum absolute atomic E-state index is 0.0141. The Bertz CT molecular complexity index is 417. The molecule has 0 N–H and O–H groups in total. The lowest BCUT2D eigenvalue weighted by atomic mass is 10.1. The summed E-state index contributed by atoms with van der Waals surface area (Å²) < 4.78 is 19.2. The smallest absolute Gasteiger partial charge is 0.216 e. The quantitative estimate of drug-likeness (QED) is 0.711. The van der Waals surface area contributed by atoms with Gasteiger partial charge in [-0.1, -0.05) is 25.1 Å². The van der Waals surface area contributed by atoms with E-state index in [0.717, 1.165) is 5.56 Å². The highest BCUT2D eigenvalue weighted by molar-refractivity contribution is 5.95. The maximum absolute atomic E-state index is 13.4. The molecule has 1 aromatic carbocycles. The summed E-state index contributed by atoms with van der Waals surface area (Å²) >= 11 is 0. The lowest BCUT2D eigenvalue weighted by Gasteiger charge is -2.15. The zero-order chi connectivity index (χ0) is 11.1. The molecule has 0 amide bonds. The summed E-state index contributed by atoms with van der Waals surface area (Å²) in [5.74, 6) is 0.629. The Morgan fingerprint density at radius 2 is 2.06 bits per heavy atom. The van der Waals surface area contributed by atoms with Crippen LogP contribution in [0.15, 0.2) is 35.3 Å². The molecule has 1 fully saturated rings. The fourth-order valence-electron chi connectivity index (χ4n) is 2.48. The van der Waals surface area contributed by atoms with Crippen molar-refractivity contribution in [2.75, 3.05) is 0 Å². The first-order valence-electron chi connectivity index (χ1n) is 5.69. The van der Waals surface area contributed by atoms with Crippen LogP contribution < -0.4 is 0 Å². The first-order chi connectivity index (χ1) is 7.75. The molecule has 1 aliphatic carbocycles. The number of nitrogens with zero attached hydrogens (tertiary/aromatic N) is 1. The molecule has 16 heavy (non-hydrogen) atoms. The van der Waals surface area contributed by atoms with Crippen LogP contribution in [-0.2, 0) is 4.74 Å². The monoisotopic (exact) mass is 219 g/mol. The number of benzene rings is 1. The number of hydrogen-bond acceptors (Lipinski definition) is 2. The molecule has 1 saturated carbocycles. The van der Waals surface area contributed by atoms with E-state index in [9.17, 15) is 4.39 Å². The van der Waals surface area contributed by atoms with Crippen LogP contribution in [0.25, 0.3) is 0 Å². The highest BCUT2D eigenvalue weighted by Crippen LogP contribution is 2.37. The minimum Gasteiger partial charge on any atom is -0.471 e. The van der Waals surface area contributed by atoms with E-state index in [1.54, 1.807) is 0 Å². The SMILES string of the molecule is C[C@@H]1[C@H]2OC(c3ccccc3)=N[C@H]2C[C@H]1F. The Labute approximate surface area is 94.1 Å². The van der Waals surface area contributed by atoms with E-state index in [2.05, 4.69) is 4.99 Å². The summed E-state index contributed by atoms with van der Waals surface area (Å²) in [6.45, 7) is 1.90. The van der Waals surface area contributed by atoms with Crippen molar-refractivity contribution >= 4 is 5.90 Å². The van der Waals surface area contributed by atoms with Crippen molar-refractivity contribution in [1.29, 1.82) is 0 Å². The van der Waals surface area contributed by atoms with Gasteiger partial charge in [0.25, 0.3) is 0 Å². The van der Waals surface area contributed by atoms with Crippen molar-refractivity contribution < 1.29 is 9.13 Å². The van der Waals surface area contributed by atoms with Crippen molar-refractivity contribution in [2.45, 2.75) is 31.7 Å². The van der Waals surface area contributed by atoms with Gasteiger partial charge in [-0.2, -0.15) is 0 Å². The number of halogens is 1. The Balaban J connectivity index is 1.85. The molecule has 0 saturated heterocycles. The van der Waals surface area contributed by atoms with Crippen molar-refractivity contribution in [3.8, 4) is 0 Å². The molecular formula is C13H14FNO. The predicted molar refractivity (Wildman–Crippen MR) is 60.3 cm³/mol. The zero-order valence-electron chi connectivity index (χ0n) is 9.14. The number of alkyl halides is 1. The van der Waals surface area contributed by atoms with E-state index in [4.69, 9.17) is 4.74 Å². The molecule has 1 aromatic rings. The van der Waals surface area contributed by atoms with Crippen molar-refractivity contribution in [2.24, 2.45) is 10.9 Å². The molecule has 0 radical (unpaired) electrons. The second-order valence-electron chi connectivity index (χ2n) is 4.56. The third kappa shape index (κ3) is 1.42. The Kier molecular flexibility index (Phi) is 2.20. The second-order valence-corrected chi connectivity index (χ2v) is 4.56. The molecule has 2 aliphatic rings. The maximum Gasteiger partial charge on any atom is 0.216 e. The molecular weight excluding hydrogens is 205 g/mol. The molecule has 0 bridgehead atoms. The van der Waals surface area contributed by atoms with Crippen LogP contribution in [0.4, 0.5) is 4.39 Å². The van der Waals surface area contributed by atoms with Gasteiger partial charge in [0.15, 0.2) is 0 Å². The van der Waals surface area contributed by atoms with E-state index in [0.29, 0.717) is 12.3 Å². The molecule has 3 heteroatoms. The molecule has 1 aliphatic heterocycles. The summed E-state index contributed by atoms with van der Waals surface area (Å²) in [6, 6.07) is 9.82. The van der Waals surface area contributed by atoms with Gasteiger partial charge in [0.1, 0.15) is 12.3 Å². The first kappa shape index (κ1) is 9.82. The number of aliphatic imine (C=N–C) groups is 1. The summed E-state index contributed by atoms with van der Waals surface area (Å²) in [5, 5.41) is 0. The first-order valence-corrected chi connectivity index (χ1v) is 5.69. The molecule has 0 spiro atoms. The number of fused-ring (bicyclic) bond motifs is 1. The van der Waals surface area contributed by atoms with Gasteiger partial charge in [0.2, 0.25) is 5.90 Å². The predicted octanol–water partition coefficient (Wildman–Crippen LogP) is 2.58. The summed E-state index contributed by atoms with van der Waals surface area (Å²) in [5.41, 5.74) is 0.986. The molecule has 0 unspecified atom stereocenters. The largest absolute Gasteiger partial charge is 0.471 e. The molecule has 4 atom stereocenters. The van der Waals surface area contributed by atoms with E-state index in [1.165, 1.54) is 0 Å². The molecule has 2 nitrogen and oxygen atoms in total. The lowest BCUT2D eigenvalue weighted by molar-refractivity contribution is 0.137. The summed E-state index contributed by atoms with van der Waals surface area (Å²) in [6.07, 6.45) is -0.330. The standard InChI is InChI=1S/C13H14FNO/c1-8-10(14)7-11-12(8)16-13(15-11)9-5-3-2-4-6-9/h2-6,8,10-12H,7H2,1H3/t8-,10+,11-,12+/m0/s1. The lowest BCUT2D eigenvalue weighted by Crippen LogP contribution is -2.23. The Hall–Kier alpha value is -1.38. The van der Waals surface area contributed by atoms with Crippen LogP contribution in [0, 0.1) is 5.92 Å². The van der Waals surface area contributed by atoms with Crippen molar-refractivity contribution in [3.05, 3.63) is 35.9 Å². The number of hydrogen-bond donors (Lipinski definition) is 0. The van der Waals surface area contributed by atoms with Gasteiger partial charge in [-0.05, 0) is 12.1 Å². The Morgan fingerprint density at radius 3 is 2.75 bits per heavy atom. The van der Waals surface area contributed by atoms with Gasteiger partial charge >= 0.3 is 0 Å². The van der Waals surface area contributed by atoms with Gasteiger partial charge in [-0.3, -0.25) is 0 Å². The third-order valence-electron chi connectivity index (χ3n) is 3.49. The maximum atomic E-state index is 13.4. The van der Waals surface area contributed by atoms with E-state index < -0.39 is 6.17 Å². The van der Waals surface area contributed by atoms with E-state index in [-0.39, 0.29) is 18.1 Å². The number of rotatable bonds is 1. The minimum atomic E-state index is -0.768. The summed E-state index contributed by atoms with van der Waals surface area (Å²) in [7, 11) is 0. The number of ether oxygens (including phenoxy) is 1. The fraction of sp³-hybridized carbons (Fsp3) is 0.462. The second kappa shape index (κ2) is 3.58. The van der Waals surface area contributed by atoms with Crippen LogP contribution in [0.5, 0.6) is 0 Å². The van der Waals surface area contributed by atoms with Crippen LogP contribution >= 0.6 is 0 Å². The van der Waals surface area contributed by atoms with Gasteiger partial charge < -0.3 is 4.74 Å². The third-order valence-corrected chi connectivity index (χ3v) is 3.49. The molecule has 1 heterocycles. The van der Waals surface area contributed by atoms with Crippen LogP contribution in [0.2, 0.25) is 0 Å². The van der Waals surface area contributed by atoms with Gasteiger partial charge in [0.05, 0.1) is 6.04 Å².